The van der Waals surface area contributed by atoms with Gasteiger partial charge in [-0.1, -0.05) is 6.07 Å². The first-order valence-corrected chi connectivity index (χ1v) is 10.3. The summed E-state index contributed by atoms with van der Waals surface area (Å²) >= 11 is 0. The van der Waals surface area contributed by atoms with Gasteiger partial charge >= 0.3 is 0 Å². The molecule has 4 rings (SSSR count). The number of sulfonamides is 1. The normalized spacial score (nSPS) is 29.8. The number of fused-ring (bicyclic) bond motifs is 1. The molecule has 132 valence electrons. The van der Waals surface area contributed by atoms with Gasteiger partial charge in [0.2, 0.25) is 10.0 Å². The first-order valence-electron chi connectivity index (χ1n) is 8.85. The van der Waals surface area contributed by atoms with Crippen LogP contribution < -0.4 is 0 Å². The molecule has 0 N–H and O–H groups in total. The Morgan fingerprint density at radius 3 is 2.83 bits per heavy atom. The fourth-order valence-electron chi connectivity index (χ4n) is 3.79. The van der Waals surface area contributed by atoms with Crippen molar-refractivity contribution in [3.63, 3.8) is 0 Å². The molecule has 2 aliphatic heterocycles. The molecule has 2 atom stereocenters. The summed E-state index contributed by atoms with van der Waals surface area (Å²) in [6.07, 6.45) is 6.28. The van der Waals surface area contributed by atoms with Crippen LogP contribution in [0.2, 0.25) is 0 Å². The van der Waals surface area contributed by atoms with Crippen molar-refractivity contribution < 1.29 is 13.2 Å². The molecule has 1 saturated carbocycles. The van der Waals surface area contributed by atoms with Gasteiger partial charge in [-0.2, -0.15) is 4.31 Å². The molecule has 1 aromatic rings. The Bertz CT molecular complexity index is 663. The first-order chi connectivity index (χ1) is 11.6. The number of pyridine rings is 1. The Labute approximate surface area is 143 Å². The van der Waals surface area contributed by atoms with Gasteiger partial charge < -0.3 is 4.74 Å². The Kier molecular flexibility index (Phi) is 4.60. The molecule has 6 nitrogen and oxygen atoms in total. The minimum absolute atomic E-state index is 0.0335. The van der Waals surface area contributed by atoms with Gasteiger partial charge in [0, 0.05) is 51.0 Å². The summed E-state index contributed by atoms with van der Waals surface area (Å²) < 4.78 is 32.7. The summed E-state index contributed by atoms with van der Waals surface area (Å²) in [5.41, 5.74) is 1.21. The smallest absolute Gasteiger partial charge is 0.217 e. The van der Waals surface area contributed by atoms with Gasteiger partial charge in [0.1, 0.15) is 0 Å². The highest BCUT2D eigenvalue weighted by molar-refractivity contribution is 7.90. The van der Waals surface area contributed by atoms with Crippen LogP contribution in [0.15, 0.2) is 24.5 Å². The molecule has 3 heterocycles. The van der Waals surface area contributed by atoms with Crippen LogP contribution in [0.4, 0.5) is 0 Å². The van der Waals surface area contributed by atoms with E-state index in [1.54, 1.807) is 10.5 Å². The number of piperidine rings is 1. The lowest BCUT2D eigenvalue weighted by atomic mass is 9.94. The van der Waals surface area contributed by atoms with E-state index in [1.165, 1.54) is 5.56 Å². The molecule has 0 radical (unpaired) electrons. The van der Waals surface area contributed by atoms with Gasteiger partial charge in [0.25, 0.3) is 0 Å². The van der Waals surface area contributed by atoms with E-state index >= 15 is 0 Å². The molecule has 1 aromatic heterocycles. The maximum Gasteiger partial charge on any atom is 0.217 e. The molecule has 7 heteroatoms. The second-order valence-corrected chi connectivity index (χ2v) is 9.37. The Hall–Kier alpha value is -1.02. The van der Waals surface area contributed by atoms with E-state index in [2.05, 4.69) is 16.0 Å². The maximum atomic E-state index is 12.5. The second kappa shape index (κ2) is 6.71. The summed E-state index contributed by atoms with van der Waals surface area (Å²) in [6, 6.07) is 4.06. The third-order valence-electron chi connectivity index (χ3n) is 5.33. The molecule has 1 aliphatic carbocycles. The lowest BCUT2D eigenvalue weighted by Gasteiger charge is -2.37. The van der Waals surface area contributed by atoms with Gasteiger partial charge in [0.05, 0.1) is 18.0 Å². The Morgan fingerprint density at radius 1 is 1.21 bits per heavy atom. The number of rotatable bonds is 4. The van der Waals surface area contributed by atoms with Crippen molar-refractivity contribution in [2.75, 3.05) is 32.8 Å². The minimum atomic E-state index is -3.08. The van der Waals surface area contributed by atoms with E-state index in [0.717, 1.165) is 38.9 Å². The molecular weight excluding hydrogens is 326 g/mol. The summed E-state index contributed by atoms with van der Waals surface area (Å²) in [7, 11) is -3.08. The summed E-state index contributed by atoms with van der Waals surface area (Å²) in [6.45, 7) is 4.58. The predicted octanol–water partition coefficient (Wildman–Crippen LogP) is 1.10. The Morgan fingerprint density at radius 2 is 2.08 bits per heavy atom. The van der Waals surface area contributed by atoms with Crippen molar-refractivity contribution in [1.29, 1.82) is 0 Å². The third-order valence-corrected chi connectivity index (χ3v) is 7.69. The minimum Gasteiger partial charge on any atom is -0.375 e. The maximum absolute atomic E-state index is 12.5. The van der Waals surface area contributed by atoms with E-state index in [-0.39, 0.29) is 11.4 Å². The van der Waals surface area contributed by atoms with Crippen molar-refractivity contribution in [1.82, 2.24) is 14.2 Å². The molecule has 3 fully saturated rings. The average molecular weight is 351 g/mol. The van der Waals surface area contributed by atoms with Crippen LogP contribution in [0.3, 0.4) is 0 Å². The number of hydrogen-bond acceptors (Lipinski definition) is 5. The molecule has 0 amide bonds. The number of aromatic nitrogens is 1. The van der Waals surface area contributed by atoms with Crippen LogP contribution in [0.5, 0.6) is 0 Å². The van der Waals surface area contributed by atoms with Crippen LogP contribution in [0.25, 0.3) is 0 Å². The largest absolute Gasteiger partial charge is 0.375 e. The van der Waals surface area contributed by atoms with Crippen molar-refractivity contribution in [2.45, 2.75) is 37.2 Å². The van der Waals surface area contributed by atoms with E-state index < -0.39 is 10.0 Å². The van der Waals surface area contributed by atoms with Gasteiger partial charge in [-0.05, 0) is 30.9 Å². The van der Waals surface area contributed by atoms with Crippen molar-refractivity contribution in [2.24, 2.45) is 5.92 Å². The number of ether oxygens (including phenoxy) is 1. The predicted molar refractivity (Wildman–Crippen MR) is 90.9 cm³/mol. The molecule has 0 aromatic carbocycles. The molecule has 0 spiro atoms. The van der Waals surface area contributed by atoms with Crippen molar-refractivity contribution in [3.8, 4) is 0 Å². The zero-order valence-electron chi connectivity index (χ0n) is 13.9. The van der Waals surface area contributed by atoms with Gasteiger partial charge in [-0.25, -0.2) is 8.42 Å². The lowest BCUT2D eigenvalue weighted by molar-refractivity contribution is -0.00194. The highest BCUT2D eigenvalue weighted by atomic mass is 32.2. The van der Waals surface area contributed by atoms with Crippen LogP contribution in [0.1, 0.15) is 24.8 Å². The van der Waals surface area contributed by atoms with E-state index in [9.17, 15) is 8.42 Å². The van der Waals surface area contributed by atoms with Gasteiger partial charge in [0.15, 0.2) is 0 Å². The fraction of sp³-hybridized carbons (Fsp3) is 0.706. The zero-order valence-corrected chi connectivity index (χ0v) is 14.7. The summed E-state index contributed by atoms with van der Waals surface area (Å²) in [4.78, 5) is 6.59. The zero-order chi connectivity index (χ0) is 16.6. The SMILES string of the molecule is O=S(=O)(C1CC1)N1CC[C@@H]2CN(Cc3cccnc3)CCO[C@@H]2C1. The van der Waals surface area contributed by atoms with E-state index in [4.69, 9.17) is 4.74 Å². The van der Waals surface area contributed by atoms with Crippen LogP contribution in [-0.4, -0.2) is 66.7 Å². The molecule has 0 unspecified atom stereocenters. The molecule has 2 saturated heterocycles. The highest BCUT2D eigenvalue weighted by Gasteiger charge is 2.44. The summed E-state index contributed by atoms with van der Waals surface area (Å²) in [5, 5.41) is -0.123. The third kappa shape index (κ3) is 3.49. The van der Waals surface area contributed by atoms with Crippen molar-refractivity contribution >= 4 is 10.0 Å². The molecule has 0 bridgehead atoms. The molecule has 3 aliphatic rings. The monoisotopic (exact) mass is 351 g/mol. The Balaban J connectivity index is 1.39. The molecule has 24 heavy (non-hydrogen) atoms. The lowest BCUT2D eigenvalue weighted by Crippen LogP contribution is -2.49. The van der Waals surface area contributed by atoms with E-state index in [1.807, 2.05) is 12.3 Å². The topological polar surface area (TPSA) is 62.7 Å². The van der Waals surface area contributed by atoms with Crippen LogP contribution in [-0.2, 0) is 21.3 Å². The second-order valence-electron chi connectivity index (χ2n) is 7.16. The fourth-order valence-corrected chi connectivity index (χ4v) is 5.66. The number of nitrogens with zero attached hydrogens (tertiary/aromatic N) is 3. The number of hydrogen-bond donors (Lipinski definition) is 0. The van der Waals surface area contributed by atoms with E-state index in [0.29, 0.717) is 25.6 Å². The van der Waals surface area contributed by atoms with Gasteiger partial charge in [-0.15, -0.1) is 0 Å². The standard InChI is InChI=1S/C17H25N3O3S/c21-24(22,16-3-4-16)20-7-5-15-12-19(8-9-23-17(15)13-20)11-14-2-1-6-18-10-14/h1-2,6,10,15-17H,3-5,7-9,11-13H2/t15-,17-/m1/s1. The highest BCUT2D eigenvalue weighted by Crippen LogP contribution is 2.34. The van der Waals surface area contributed by atoms with Gasteiger partial charge in [-0.3, -0.25) is 9.88 Å². The van der Waals surface area contributed by atoms with Crippen molar-refractivity contribution in [3.05, 3.63) is 30.1 Å². The molecular formula is C17H25N3O3S. The summed E-state index contributed by atoms with van der Waals surface area (Å²) in [5.74, 6) is 0.412. The average Bonchev–Trinajstić information content (AvgIpc) is 3.42. The first kappa shape index (κ1) is 16.4. The van der Waals surface area contributed by atoms with Crippen LogP contribution >= 0.6 is 0 Å². The van der Waals surface area contributed by atoms with Crippen LogP contribution in [0, 0.1) is 5.92 Å². The quantitative estimate of drug-likeness (QED) is 0.813.